The summed E-state index contributed by atoms with van der Waals surface area (Å²) in [6.07, 6.45) is 1.55. The average molecular weight is 630 g/mol. The second-order valence-corrected chi connectivity index (χ2v) is 12.0. The third-order valence-corrected chi connectivity index (χ3v) is 7.70. The summed E-state index contributed by atoms with van der Waals surface area (Å²) in [5.74, 6) is 3.43. The Morgan fingerprint density at radius 2 is 1.37 bits per heavy atom. The minimum atomic E-state index is -0.148. The summed E-state index contributed by atoms with van der Waals surface area (Å²) in [4.78, 5) is 26.2. The fourth-order valence-electron chi connectivity index (χ4n) is 5.09. The minimum Gasteiger partial charge on any atom is -0.487 e. The van der Waals surface area contributed by atoms with Crippen molar-refractivity contribution in [2.24, 2.45) is 0 Å². The van der Waals surface area contributed by atoms with Crippen LogP contribution in [0.2, 0.25) is 0 Å². The second kappa shape index (κ2) is 15.1. The van der Waals surface area contributed by atoms with Gasteiger partial charge in [0.2, 0.25) is 0 Å². The lowest BCUT2D eigenvalue weighted by Gasteiger charge is -2.35. The van der Waals surface area contributed by atoms with E-state index in [1.165, 1.54) is 5.56 Å². The van der Waals surface area contributed by atoms with Crippen LogP contribution in [0, 0.1) is 0 Å². The molecule has 1 aliphatic heterocycles. The Morgan fingerprint density at radius 1 is 0.783 bits per heavy atom. The van der Waals surface area contributed by atoms with Crippen molar-refractivity contribution >= 4 is 28.4 Å². The predicted molar refractivity (Wildman–Crippen MR) is 179 cm³/mol. The summed E-state index contributed by atoms with van der Waals surface area (Å²) < 4.78 is 28.2. The van der Waals surface area contributed by atoms with Crippen molar-refractivity contribution in [3.05, 3.63) is 72.6 Å². The van der Waals surface area contributed by atoms with Crippen LogP contribution in [0.3, 0.4) is 0 Å². The zero-order valence-corrected chi connectivity index (χ0v) is 27.2. The number of methoxy groups -OCH3 is 2. The van der Waals surface area contributed by atoms with E-state index >= 15 is 0 Å². The SMILES string of the molecule is COCCOc1cc2ncnc(N3CCN(C(=O)Nc4ccc(Oc5ccc(C(C)(C)C)cc5)cc4)CC3)c2cc1OCCOC. The molecule has 0 saturated carbocycles. The van der Waals surface area contributed by atoms with Crippen LogP contribution in [0.4, 0.5) is 16.3 Å². The molecule has 1 N–H and O–H groups in total. The average Bonchev–Trinajstić information content (AvgIpc) is 3.05. The molecule has 1 saturated heterocycles. The van der Waals surface area contributed by atoms with Crippen molar-refractivity contribution in [3.8, 4) is 23.0 Å². The lowest BCUT2D eigenvalue weighted by molar-refractivity contribution is 0.132. The molecule has 2 heterocycles. The molecule has 46 heavy (non-hydrogen) atoms. The van der Waals surface area contributed by atoms with Crippen molar-refractivity contribution in [2.45, 2.75) is 26.2 Å². The van der Waals surface area contributed by atoms with Gasteiger partial charge in [-0.3, -0.25) is 0 Å². The van der Waals surface area contributed by atoms with E-state index in [0.717, 1.165) is 22.5 Å². The summed E-state index contributed by atoms with van der Waals surface area (Å²) in [6.45, 7) is 10.5. The van der Waals surface area contributed by atoms with Gasteiger partial charge in [-0.05, 0) is 53.4 Å². The zero-order valence-electron chi connectivity index (χ0n) is 27.2. The molecule has 244 valence electrons. The highest BCUT2D eigenvalue weighted by atomic mass is 16.5. The Morgan fingerprint density at radius 3 is 1.96 bits per heavy atom. The molecule has 2 amide bonds. The Labute approximate surface area is 270 Å². The highest BCUT2D eigenvalue weighted by molar-refractivity contribution is 5.92. The van der Waals surface area contributed by atoms with Crippen LogP contribution >= 0.6 is 0 Å². The van der Waals surface area contributed by atoms with E-state index in [1.807, 2.05) is 53.4 Å². The molecule has 1 fully saturated rings. The normalized spacial score (nSPS) is 13.5. The van der Waals surface area contributed by atoms with Gasteiger partial charge >= 0.3 is 6.03 Å². The van der Waals surface area contributed by atoms with E-state index in [-0.39, 0.29) is 11.4 Å². The van der Waals surface area contributed by atoms with E-state index in [9.17, 15) is 4.79 Å². The van der Waals surface area contributed by atoms with E-state index in [4.69, 9.17) is 23.7 Å². The van der Waals surface area contributed by atoms with Gasteiger partial charge in [0.1, 0.15) is 36.9 Å². The fraction of sp³-hybridized carbons (Fsp3) is 0.400. The number of carbonyl (C=O) groups is 1. The van der Waals surface area contributed by atoms with Crippen LogP contribution in [0.1, 0.15) is 26.3 Å². The maximum atomic E-state index is 13.1. The van der Waals surface area contributed by atoms with E-state index in [2.05, 4.69) is 53.1 Å². The number of anilines is 2. The number of hydrogen-bond donors (Lipinski definition) is 1. The zero-order chi connectivity index (χ0) is 32.5. The van der Waals surface area contributed by atoms with Gasteiger partial charge in [0.25, 0.3) is 0 Å². The lowest BCUT2D eigenvalue weighted by atomic mass is 9.87. The van der Waals surface area contributed by atoms with Gasteiger partial charge in [-0.2, -0.15) is 0 Å². The predicted octanol–water partition coefficient (Wildman–Crippen LogP) is 6.12. The molecular formula is C35H43N5O6. The minimum absolute atomic E-state index is 0.0866. The number of aromatic nitrogens is 2. The quantitative estimate of drug-likeness (QED) is 0.185. The van der Waals surface area contributed by atoms with Crippen molar-refractivity contribution < 1.29 is 28.5 Å². The first-order valence-corrected chi connectivity index (χ1v) is 15.5. The summed E-state index contributed by atoms with van der Waals surface area (Å²) in [6, 6.07) is 19.2. The van der Waals surface area contributed by atoms with Gasteiger partial charge in [-0.25, -0.2) is 14.8 Å². The molecular weight excluding hydrogens is 586 g/mol. The number of urea groups is 1. The van der Waals surface area contributed by atoms with Crippen molar-refractivity contribution in [2.75, 3.05) is 77.0 Å². The highest BCUT2D eigenvalue weighted by Crippen LogP contribution is 2.36. The molecule has 1 aliphatic rings. The van der Waals surface area contributed by atoms with E-state index < -0.39 is 0 Å². The van der Waals surface area contributed by atoms with Crippen molar-refractivity contribution in [1.82, 2.24) is 14.9 Å². The fourth-order valence-corrected chi connectivity index (χ4v) is 5.09. The van der Waals surface area contributed by atoms with Crippen LogP contribution in [-0.4, -0.2) is 87.7 Å². The monoisotopic (exact) mass is 629 g/mol. The van der Waals surface area contributed by atoms with Crippen molar-refractivity contribution in [1.29, 1.82) is 0 Å². The molecule has 11 nitrogen and oxygen atoms in total. The lowest BCUT2D eigenvalue weighted by Crippen LogP contribution is -2.50. The van der Waals surface area contributed by atoms with Crippen LogP contribution < -0.4 is 24.4 Å². The molecule has 1 aromatic heterocycles. The standard InChI is InChI=1S/C35H43N5O6/c1-35(2,3)25-6-10-27(11-7-25)46-28-12-8-26(9-13-28)38-34(41)40-16-14-39(15-17-40)33-29-22-31(44-20-18-42-4)32(45-21-19-43-5)23-30(29)36-24-37-33/h6-13,22-24H,14-21H2,1-5H3,(H,38,41). The summed E-state index contributed by atoms with van der Waals surface area (Å²) in [5, 5.41) is 3.85. The Hall–Kier alpha value is -4.61. The van der Waals surface area contributed by atoms with Gasteiger partial charge < -0.3 is 38.8 Å². The topological polar surface area (TPSA) is 108 Å². The summed E-state index contributed by atoms with van der Waals surface area (Å²) >= 11 is 0. The second-order valence-electron chi connectivity index (χ2n) is 12.0. The Bertz CT molecular complexity index is 1580. The van der Waals surface area contributed by atoms with Crippen LogP contribution in [0.5, 0.6) is 23.0 Å². The molecule has 0 unspecified atom stereocenters. The number of piperazine rings is 1. The number of benzene rings is 3. The smallest absolute Gasteiger partial charge is 0.321 e. The summed E-state index contributed by atoms with van der Waals surface area (Å²) in [5.41, 5.74) is 2.78. The number of carbonyl (C=O) groups excluding carboxylic acids is 1. The van der Waals surface area contributed by atoms with Gasteiger partial charge in [0.15, 0.2) is 11.5 Å². The third-order valence-electron chi connectivity index (χ3n) is 7.70. The molecule has 0 bridgehead atoms. The molecule has 0 atom stereocenters. The number of amides is 2. The molecule has 4 aromatic rings. The molecule has 0 aliphatic carbocycles. The van der Waals surface area contributed by atoms with Crippen LogP contribution in [-0.2, 0) is 14.9 Å². The highest BCUT2D eigenvalue weighted by Gasteiger charge is 2.24. The Balaban J connectivity index is 1.19. The third kappa shape index (κ3) is 8.35. The maximum Gasteiger partial charge on any atom is 0.321 e. The molecule has 0 radical (unpaired) electrons. The molecule has 3 aromatic carbocycles. The van der Waals surface area contributed by atoms with Gasteiger partial charge in [0, 0.05) is 57.5 Å². The number of hydrogen-bond acceptors (Lipinski definition) is 9. The number of nitrogens with one attached hydrogen (secondary N) is 1. The number of rotatable bonds is 12. The first kappa shape index (κ1) is 32.8. The molecule has 11 heteroatoms. The molecule has 5 rings (SSSR count). The number of fused-ring (bicyclic) bond motifs is 1. The van der Waals surface area contributed by atoms with Gasteiger partial charge in [0.05, 0.1) is 18.7 Å². The number of ether oxygens (including phenoxy) is 5. The van der Waals surface area contributed by atoms with Crippen LogP contribution in [0.25, 0.3) is 10.9 Å². The maximum absolute atomic E-state index is 13.1. The van der Waals surface area contributed by atoms with Crippen molar-refractivity contribution in [3.63, 3.8) is 0 Å². The van der Waals surface area contributed by atoms with Gasteiger partial charge in [-0.1, -0.05) is 32.9 Å². The first-order valence-electron chi connectivity index (χ1n) is 15.5. The molecule has 0 spiro atoms. The Kier molecular flexibility index (Phi) is 10.8. The van der Waals surface area contributed by atoms with E-state index in [1.54, 1.807) is 20.5 Å². The van der Waals surface area contributed by atoms with Gasteiger partial charge in [-0.15, -0.1) is 0 Å². The first-order chi connectivity index (χ1) is 22.2. The number of nitrogens with zero attached hydrogens (tertiary/aromatic N) is 4. The largest absolute Gasteiger partial charge is 0.487 e. The van der Waals surface area contributed by atoms with Crippen LogP contribution in [0.15, 0.2) is 67.0 Å². The summed E-state index contributed by atoms with van der Waals surface area (Å²) in [7, 11) is 3.26. The van der Waals surface area contributed by atoms with E-state index in [0.29, 0.717) is 75.5 Å².